The predicted octanol–water partition coefficient (Wildman–Crippen LogP) is 5.70. The van der Waals surface area contributed by atoms with Crippen LogP contribution in [0.25, 0.3) is 21.5 Å². The first-order valence-electron chi connectivity index (χ1n) is 10.7. The van der Waals surface area contributed by atoms with Crippen LogP contribution in [-0.2, 0) is 0 Å². The van der Waals surface area contributed by atoms with Gasteiger partial charge in [-0.3, -0.25) is 20.2 Å². The Kier molecular flexibility index (Phi) is 3.76. The number of rotatable bonds is 5. The van der Waals surface area contributed by atoms with Crippen LogP contribution in [-0.4, -0.2) is 20.9 Å². The van der Waals surface area contributed by atoms with Crippen molar-refractivity contribution in [3.63, 3.8) is 0 Å². The van der Waals surface area contributed by atoms with E-state index in [1.54, 1.807) is 0 Å². The van der Waals surface area contributed by atoms with Gasteiger partial charge in [-0.05, 0) is 32.7 Å². The first-order valence-corrected chi connectivity index (χ1v) is 10.7. The van der Waals surface area contributed by atoms with Gasteiger partial charge in [-0.15, -0.1) is 0 Å². The molecule has 2 aliphatic carbocycles. The lowest BCUT2D eigenvalue weighted by Gasteiger charge is -2.17. The van der Waals surface area contributed by atoms with Gasteiger partial charge in [0.15, 0.2) is 0 Å². The van der Waals surface area contributed by atoms with E-state index < -0.39 is 22.9 Å². The standard InChI is InChI=1S/C26H20N2O4/c29-27(30)25(15-23(25)21-13-5-9-17-7-1-3-11-19(17)21)26(28(31)32)16-24(26)22-14-6-10-18-8-2-4-12-20(18)22/h1-14,23-24H,15-16H2/t23-,24+,25-,26+. The summed E-state index contributed by atoms with van der Waals surface area (Å²) in [5.74, 6) is -0.956. The molecule has 0 amide bonds. The molecule has 158 valence electrons. The Balaban J connectivity index is 1.50. The van der Waals surface area contributed by atoms with Crippen LogP contribution in [0.2, 0.25) is 0 Å². The summed E-state index contributed by atoms with van der Waals surface area (Å²) < 4.78 is 0. The summed E-state index contributed by atoms with van der Waals surface area (Å²) in [6, 6.07) is 27.0. The van der Waals surface area contributed by atoms with Crippen molar-refractivity contribution in [3.05, 3.63) is 116 Å². The quantitative estimate of drug-likeness (QED) is 0.304. The second-order valence-electron chi connectivity index (χ2n) is 9.01. The molecule has 0 N–H and O–H groups in total. The van der Waals surface area contributed by atoms with Crippen LogP contribution in [0.5, 0.6) is 0 Å². The summed E-state index contributed by atoms with van der Waals surface area (Å²) >= 11 is 0. The molecule has 0 aromatic heterocycles. The normalized spacial score (nSPS) is 28.5. The van der Waals surface area contributed by atoms with Crippen molar-refractivity contribution in [1.82, 2.24) is 0 Å². The highest BCUT2D eigenvalue weighted by atomic mass is 16.7. The van der Waals surface area contributed by atoms with Gasteiger partial charge in [0.05, 0.1) is 11.8 Å². The van der Waals surface area contributed by atoms with Crippen molar-refractivity contribution in [1.29, 1.82) is 0 Å². The van der Waals surface area contributed by atoms with E-state index >= 15 is 0 Å². The van der Waals surface area contributed by atoms with E-state index in [4.69, 9.17) is 0 Å². The lowest BCUT2D eigenvalue weighted by atomic mass is 9.90. The van der Waals surface area contributed by atoms with Gasteiger partial charge in [-0.2, -0.15) is 0 Å². The molecule has 0 saturated heterocycles. The molecular weight excluding hydrogens is 404 g/mol. The van der Waals surface area contributed by atoms with E-state index in [-0.39, 0.29) is 22.7 Å². The van der Waals surface area contributed by atoms with Crippen molar-refractivity contribution >= 4 is 21.5 Å². The molecule has 0 radical (unpaired) electrons. The van der Waals surface area contributed by atoms with Gasteiger partial charge >= 0.3 is 0 Å². The third-order valence-corrected chi connectivity index (χ3v) is 7.66. The Morgan fingerprint density at radius 1 is 0.594 bits per heavy atom. The molecule has 6 heteroatoms. The summed E-state index contributed by atoms with van der Waals surface area (Å²) in [4.78, 5) is 24.4. The molecule has 0 aliphatic heterocycles. The SMILES string of the molecule is O=[N+]([O-])[C@]1([C@]2([N+](=O)[O-])C[C@H]2c2cccc3ccccc23)C[C@@H]1c1cccc2ccccc12. The largest absolute Gasteiger partial charge is 0.299 e. The summed E-state index contributed by atoms with van der Waals surface area (Å²) in [6.07, 6.45) is 0.381. The second kappa shape index (κ2) is 6.36. The smallest absolute Gasteiger partial charge is 0.264 e. The van der Waals surface area contributed by atoms with Gasteiger partial charge in [0, 0.05) is 22.7 Å². The Hall–Kier alpha value is -3.80. The molecule has 0 unspecified atom stereocenters. The minimum absolute atomic E-state index is 0.191. The van der Waals surface area contributed by atoms with E-state index in [1.165, 1.54) is 0 Å². The average molecular weight is 424 g/mol. The van der Waals surface area contributed by atoms with Crippen molar-refractivity contribution < 1.29 is 9.85 Å². The highest BCUT2D eigenvalue weighted by molar-refractivity contribution is 5.88. The average Bonchev–Trinajstić information content (AvgIpc) is 3.71. The number of hydrogen-bond acceptors (Lipinski definition) is 4. The molecule has 2 aliphatic rings. The van der Waals surface area contributed by atoms with Gasteiger partial charge in [0.2, 0.25) is 0 Å². The van der Waals surface area contributed by atoms with Crippen LogP contribution >= 0.6 is 0 Å². The number of benzene rings is 4. The Bertz CT molecular complexity index is 1310. The lowest BCUT2D eigenvalue weighted by molar-refractivity contribution is -0.644. The van der Waals surface area contributed by atoms with Crippen LogP contribution in [0, 0.1) is 20.2 Å². The molecule has 4 aromatic rings. The Morgan fingerprint density at radius 2 is 0.969 bits per heavy atom. The van der Waals surface area contributed by atoms with Crippen LogP contribution in [0.15, 0.2) is 84.9 Å². The number of fused-ring (bicyclic) bond motifs is 2. The fourth-order valence-corrected chi connectivity index (χ4v) is 6.02. The number of hydrogen-bond donors (Lipinski definition) is 0. The topological polar surface area (TPSA) is 86.3 Å². The van der Waals surface area contributed by atoms with E-state index in [0.717, 1.165) is 32.7 Å². The van der Waals surface area contributed by atoms with Crippen molar-refractivity contribution in [2.45, 2.75) is 35.8 Å². The molecule has 0 spiro atoms. The van der Waals surface area contributed by atoms with Gasteiger partial charge in [-0.1, -0.05) is 84.9 Å². The maximum absolute atomic E-state index is 12.5. The highest BCUT2D eigenvalue weighted by Crippen LogP contribution is 2.73. The number of nitro groups is 2. The molecule has 32 heavy (non-hydrogen) atoms. The third kappa shape index (κ3) is 2.29. The summed E-state index contributed by atoms with van der Waals surface area (Å²) in [5.41, 5.74) is -1.51. The van der Waals surface area contributed by atoms with Gasteiger partial charge in [-0.25, -0.2) is 0 Å². The predicted molar refractivity (Wildman–Crippen MR) is 122 cm³/mol. The monoisotopic (exact) mass is 424 g/mol. The molecule has 2 saturated carbocycles. The lowest BCUT2D eigenvalue weighted by Crippen LogP contribution is -2.47. The molecule has 4 aromatic carbocycles. The first kappa shape index (κ1) is 18.9. The summed E-state index contributed by atoms with van der Waals surface area (Å²) in [7, 11) is 0. The minimum atomic E-state index is -1.60. The van der Waals surface area contributed by atoms with Crippen LogP contribution in [0.4, 0.5) is 0 Å². The van der Waals surface area contributed by atoms with E-state index in [1.807, 2.05) is 84.9 Å². The van der Waals surface area contributed by atoms with Crippen molar-refractivity contribution in [3.8, 4) is 0 Å². The van der Waals surface area contributed by atoms with E-state index in [2.05, 4.69) is 0 Å². The van der Waals surface area contributed by atoms with Gasteiger partial charge in [0.25, 0.3) is 11.1 Å². The van der Waals surface area contributed by atoms with Crippen LogP contribution in [0.3, 0.4) is 0 Å². The van der Waals surface area contributed by atoms with Gasteiger partial charge < -0.3 is 0 Å². The van der Waals surface area contributed by atoms with Crippen molar-refractivity contribution in [2.24, 2.45) is 0 Å². The highest BCUT2D eigenvalue weighted by Gasteiger charge is 2.93. The fraction of sp³-hybridized carbons (Fsp3) is 0.231. The van der Waals surface area contributed by atoms with E-state index in [9.17, 15) is 20.2 Å². The zero-order valence-corrected chi connectivity index (χ0v) is 17.2. The Labute approximate surface area is 183 Å². The van der Waals surface area contributed by atoms with Crippen LogP contribution in [0.1, 0.15) is 35.8 Å². The maximum Gasteiger partial charge on any atom is 0.299 e. The van der Waals surface area contributed by atoms with Gasteiger partial charge in [0.1, 0.15) is 0 Å². The Morgan fingerprint density at radius 3 is 1.38 bits per heavy atom. The zero-order chi connectivity index (χ0) is 22.1. The molecule has 2 fully saturated rings. The molecule has 4 atom stereocenters. The number of nitrogens with zero attached hydrogens (tertiary/aromatic N) is 2. The maximum atomic E-state index is 12.5. The summed E-state index contributed by atoms with van der Waals surface area (Å²) in [5, 5.41) is 28.9. The zero-order valence-electron chi connectivity index (χ0n) is 17.2. The molecular formula is C26H20N2O4. The van der Waals surface area contributed by atoms with Crippen LogP contribution < -0.4 is 0 Å². The third-order valence-electron chi connectivity index (χ3n) is 7.66. The van der Waals surface area contributed by atoms with E-state index in [0.29, 0.717) is 0 Å². The fourth-order valence-electron chi connectivity index (χ4n) is 6.02. The van der Waals surface area contributed by atoms with Crippen molar-refractivity contribution in [2.75, 3.05) is 0 Å². The molecule has 0 heterocycles. The second-order valence-corrected chi connectivity index (χ2v) is 9.01. The first-order chi connectivity index (χ1) is 15.5. The minimum Gasteiger partial charge on any atom is -0.264 e. The molecule has 6 rings (SSSR count). The summed E-state index contributed by atoms with van der Waals surface area (Å²) in [6.45, 7) is 0. The molecule has 0 bridgehead atoms. The molecule has 6 nitrogen and oxygen atoms in total.